The Balaban J connectivity index is 1.78. The van der Waals surface area contributed by atoms with Gasteiger partial charge in [0.15, 0.2) is 17.3 Å². The number of rotatable bonds is 11. The predicted molar refractivity (Wildman–Crippen MR) is 131 cm³/mol. The van der Waals surface area contributed by atoms with Crippen molar-refractivity contribution in [1.82, 2.24) is 34.7 Å². The molecule has 38 heavy (non-hydrogen) atoms. The number of nitrogens with zero attached hydrogens (tertiary/aromatic N) is 7. The van der Waals surface area contributed by atoms with E-state index in [2.05, 4.69) is 34.9 Å². The van der Waals surface area contributed by atoms with E-state index < -0.39 is 27.2 Å². The molecule has 4 heterocycles. The summed E-state index contributed by atoms with van der Waals surface area (Å²) in [5, 5.41) is 7.18. The third-order valence-corrected chi connectivity index (χ3v) is 7.50. The van der Waals surface area contributed by atoms with E-state index in [1.807, 2.05) is 0 Å². The Morgan fingerprint density at radius 2 is 1.74 bits per heavy atom. The lowest BCUT2D eigenvalue weighted by Gasteiger charge is -2.25. The molecule has 4 rings (SSSR count). The Hall–Kier alpha value is -3.50. The quantitative estimate of drug-likeness (QED) is 0.367. The highest BCUT2D eigenvalue weighted by molar-refractivity contribution is 7.93. The molecule has 0 bridgehead atoms. The Labute approximate surface area is 219 Å². The summed E-state index contributed by atoms with van der Waals surface area (Å²) in [5.74, 6) is -0.322. The normalized spacial score (nSPS) is 17.4. The summed E-state index contributed by atoms with van der Waals surface area (Å²) in [6.45, 7) is 5.79. The van der Waals surface area contributed by atoms with E-state index in [1.54, 1.807) is 13.8 Å². The Morgan fingerprint density at radius 1 is 1.08 bits per heavy atom. The molecular weight excluding hydrogens is 523 g/mol. The van der Waals surface area contributed by atoms with Crippen LogP contribution in [0.3, 0.4) is 0 Å². The van der Waals surface area contributed by atoms with Gasteiger partial charge in [-0.3, -0.25) is 9.29 Å². The third kappa shape index (κ3) is 5.66. The number of sulfonamides is 1. The molecule has 1 fully saturated rings. The van der Waals surface area contributed by atoms with E-state index in [4.69, 9.17) is 18.9 Å². The van der Waals surface area contributed by atoms with Crippen LogP contribution in [0, 0.1) is 5.82 Å². The average molecular weight is 553 g/mol. The van der Waals surface area contributed by atoms with E-state index in [0.717, 1.165) is 12.4 Å². The number of anilines is 1. The molecule has 1 N–H and O–H groups in total. The maximum absolute atomic E-state index is 13.7. The second-order valence-corrected chi connectivity index (χ2v) is 10.8. The lowest BCUT2D eigenvalue weighted by molar-refractivity contribution is 0.00144. The SMILES string of the molecule is COc1ncnc(OC)c1-n1c(NS(=O)(=O)[C@@H](C)[C@@H](OC(C)C)c2ncc(F)cn2)nnc1C1CCOC1. The highest BCUT2D eigenvalue weighted by atomic mass is 32.2. The van der Waals surface area contributed by atoms with Gasteiger partial charge in [0.05, 0.1) is 39.3 Å². The van der Waals surface area contributed by atoms with Crippen molar-refractivity contribution in [3.05, 3.63) is 36.2 Å². The number of nitrogens with one attached hydrogen (secondary N) is 1. The summed E-state index contributed by atoms with van der Waals surface area (Å²) in [7, 11) is -1.40. The monoisotopic (exact) mass is 552 g/mol. The summed E-state index contributed by atoms with van der Waals surface area (Å²) < 4.78 is 67.0. The van der Waals surface area contributed by atoms with Gasteiger partial charge < -0.3 is 18.9 Å². The van der Waals surface area contributed by atoms with Crippen LogP contribution in [0.4, 0.5) is 10.3 Å². The zero-order chi connectivity index (χ0) is 27.4. The van der Waals surface area contributed by atoms with Gasteiger partial charge in [0.25, 0.3) is 0 Å². The van der Waals surface area contributed by atoms with Crippen LogP contribution in [0.15, 0.2) is 18.7 Å². The van der Waals surface area contributed by atoms with Gasteiger partial charge in [0.1, 0.15) is 23.5 Å². The van der Waals surface area contributed by atoms with E-state index >= 15 is 0 Å². The van der Waals surface area contributed by atoms with Crippen molar-refractivity contribution in [1.29, 1.82) is 0 Å². The van der Waals surface area contributed by atoms with E-state index in [9.17, 15) is 12.8 Å². The first-order valence-corrected chi connectivity index (χ1v) is 13.3. The maximum atomic E-state index is 13.7. The number of hydrogen-bond donors (Lipinski definition) is 1. The summed E-state index contributed by atoms with van der Waals surface area (Å²) in [5.41, 5.74) is 0.214. The van der Waals surface area contributed by atoms with Crippen LogP contribution >= 0.6 is 0 Å². The number of hydrogen-bond acceptors (Lipinski definition) is 12. The van der Waals surface area contributed by atoms with Crippen molar-refractivity contribution in [2.75, 3.05) is 32.2 Å². The molecule has 0 aromatic carbocycles. The maximum Gasteiger partial charge on any atom is 0.245 e. The number of methoxy groups -OCH3 is 2. The molecule has 0 radical (unpaired) electrons. The van der Waals surface area contributed by atoms with Crippen molar-refractivity contribution in [2.24, 2.45) is 0 Å². The molecule has 3 aromatic rings. The van der Waals surface area contributed by atoms with E-state index in [1.165, 1.54) is 32.0 Å². The fourth-order valence-corrected chi connectivity index (χ4v) is 5.03. The zero-order valence-electron chi connectivity index (χ0n) is 21.5. The molecule has 206 valence electrons. The molecule has 1 aliphatic heterocycles. The molecule has 0 spiro atoms. The van der Waals surface area contributed by atoms with Gasteiger partial charge in [-0.05, 0) is 27.2 Å². The van der Waals surface area contributed by atoms with Gasteiger partial charge in [-0.1, -0.05) is 0 Å². The summed E-state index contributed by atoms with van der Waals surface area (Å²) in [6.07, 6.45) is 2.31. The highest BCUT2D eigenvalue weighted by Crippen LogP contribution is 2.36. The lowest BCUT2D eigenvalue weighted by Crippen LogP contribution is -2.35. The van der Waals surface area contributed by atoms with Crippen LogP contribution < -0.4 is 14.2 Å². The molecule has 16 heteroatoms. The van der Waals surface area contributed by atoms with Crippen LogP contribution in [-0.2, 0) is 19.5 Å². The molecule has 1 unspecified atom stereocenters. The molecule has 3 atom stereocenters. The minimum atomic E-state index is -4.22. The Kier molecular flexibility index (Phi) is 8.32. The predicted octanol–water partition coefficient (Wildman–Crippen LogP) is 1.80. The van der Waals surface area contributed by atoms with Crippen LogP contribution in [0.5, 0.6) is 11.8 Å². The summed E-state index contributed by atoms with van der Waals surface area (Å²) in [6, 6.07) is 0. The van der Waals surface area contributed by atoms with Crippen molar-refractivity contribution < 1.29 is 31.8 Å². The van der Waals surface area contributed by atoms with Gasteiger partial charge in [-0.2, -0.15) is 9.97 Å². The molecule has 0 saturated carbocycles. The van der Waals surface area contributed by atoms with Gasteiger partial charge in [0.2, 0.25) is 27.7 Å². The molecule has 0 aliphatic carbocycles. The minimum Gasteiger partial charge on any atom is -0.479 e. The molecule has 0 amide bonds. The third-order valence-electron chi connectivity index (χ3n) is 5.81. The standard InChI is InChI=1S/C22H29FN8O6S/c1-12(2)37-17(18-24-8-15(23)9-25-18)13(3)38(32,33)30-22-29-28-19(14-6-7-36-10-14)31(22)16-20(34-4)26-11-27-21(16)35-5/h8-9,11-14,17H,6-7,10H2,1-5H3,(H,29,30)/t13-,14?,17+/m0/s1. The Morgan fingerprint density at radius 3 is 2.29 bits per heavy atom. The molecule has 14 nitrogen and oxygen atoms in total. The Bertz CT molecular complexity index is 1330. The fourth-order valence-electron chi connectivity index (χ4n) is 3.95. The van der Waals surface area contributed by atoms with E-state index in [-0.39, 0.29) is 41.2 Å². The fraction of sp³-hybridized carbons (Fsp3) is 0.545. The first kappa shape index (κ1) is 27.5. The van der Waals surface area contributed by atoms with Crippen molar-refractivity contribution in [3.63, 3.8) is 0 Å². The zero-order valence-corrected chi connectivity index (χ0v) is 22.3. The van der Waals surface area contributed by atoms with Gasteiger partial charge >= 0.3 is 0 Å². The smallest absolute Gasteiger partial charge is 0.245 e. The minimum absolute atomic E-state index is 0.0167. The first-order chi connectivity index (χ1) is 18.2. The van der Waals surface area contributed by atoms with Crippen molar-refractivity contribution in [2.45, 2.75) is 50.6 Å². The molecule has 3 aromatic heterocycles. The van der Waals surface area contributed by atoms with Crippen molar-refractivity contribution in [3.8, 4) is 17.4 Å². The summed E-state index contributed by atoms with van der Waals surface area (Å²) >= 11 is 0. The molecule has 1 saturated heterocycles. The van der Waals surface area contributed by atoms with Gasteiger partial charge in [-0.15, -0.1) is 10.2 Å². The van der Waals surface area contributed by atoms with Crippen LogP contribution in [0.25, 0.3) is 5.69 Å². The van der Waals surface area contributed by atoms with Crippen LogP contribution in [0.1, 0.15) is 50.9 Å². The van der Waals surface area contributed by atoms with E-state index in [0.29, 0.717) is 25.5 Å². The topological polar surface area (TPSA) is 165 Å². The van der Waals surface area contributed by atoms with Crippen LogP contribution in [0.2, 0.25) is 0 Å². The van der Waals surface area contributed by atoms with Crippen LogP contribution in [-0.4, -0.2) is 81.9 Å². The lowest BCUT2D eigenvalue weighted by atomic mass is 10.1. The van der Waals surface area contributed by atoms with Gasteiger partial charge in [-0.25, -0.2) is 22.8 Å². The molecular formula is C22H29FN8O6S. The second-order valence-electron chi connectivity index (χ2n) is 8.74. The largest absolute Gasteiger partial charge is 0.479 e. The molecule has 1 aliphatic rings. The number of ether oxygens (including phenoxy) is 4. The summed E-state index contributed by atoms with van der Waals surface area (Å²) in [4.78, 5) is 16.2. The number of halogens is 1. The second kappa shape index (κ2) is 11.5. The average Bonchev–Trinajstić information content (AvgIpc) is 3.56. The highest BCUT2D eigenvalue weighted by Gasteiger charge is 2.37. The van der Waals surface area contributed by atoms with Gasteiger partial charge in [0, 0.05) is 12.5 Å². The first-order valence-electron chi connectivity index (χ1n) is 11.8. The number of aromatic nitrogens is 7. The van der Waals surface area contributed by atoms with Crippen molar-refractivity contribution >= 4 is 16.0 Å².